The molecule has 0 N–H and O–H groups in total. The maximum absolute atomic E-state index is 9.43. The van der Waals surface area contributed by atoms with E-state index in [0.717, 1.165) is 11.1 Å². The van der Waals surface area contributed by atoms with Gasteiger partial charge in [0.2, 0.25) is 0 Å². The first-order valence-corrected chi connectivity index (χ1v) is 5.93. The molecule has 0 spiro atoms. The van der Waals surface area contributed by atoms with Gasteiger partial charge in [-0.3, -0.25) is 0 Å². The normalized spacial score (nSPS) is 27.4. The summed E-state index contributed by atoms with van der Waals surface area (Å²) in [5, 5.41) is 37.6. The molecule has 2 aliphatic rings. The second kappa shape index (κ2) is 3.35. The van der Waals surface area contributed by atoms with E-state index in [4.69, 9.17) is 0 Å². The minimum Gasteiger partial charge on any atom is -0.196 e. The van der Waals surface area contributed by atoms with Gasteiger partial charge in [0.25, 0.3) is 0 Å². The number of benzene rings is 1. The fourth-order valence-corrected chi connectivity index (χ4v) is 3.68. The predicted octanol–water partition coefficient (Wildman–Crippen LogP) is 2.02. The van der Waals surface area contributed by atoms with Crippen molar-refractivity contribution in [3.05, 3.63) is 35.4 Å². The van der Waals surface area contributed by atoms with Crippen LogP contribution in [0.25, 0.3) is 0 Å². The van der Waals surface area contributed by atoms with E-state index in [9.17, 15) is 21.0 Å². The van der Waals surface area contributed by atoms with E-state index in [0.29, 0.717) is 6.42 Å². The standard InChI is InChI=1S/C15H8N4/c16-6-14(7-17)12-5-10-3-1-2-4-11(10)13(12)15(14,8-18)9-19/h1-4,12-13H,5H2/t12-,13+/m0/s1. The van der Waals surface area contributed by atoms with E-state index in [1.807, 2.05) is 48.5 Å². The molecule has 2 atom stereocenters. The summed E-state index contributed by atoms with van der Waals surface area (Å²) >= 11 is 0. The molecular formula is C15H8N4. The summed E-state index contributed by atoms with van der Waals surface area (Å²) in [6.45, 7) is 0. The summed E-state index contributed by atoms with van der Waals surface area (Å²) in [6, 6.07) is 15.4. The zero-order valence-corrected chi connectivity index (χ0v) is 9.96. The molecule has 0 unspecified atom stereocenters. The molecule has 0 saturated heterocycles. The zero-order chi connectivity index (χ0) is 13.7. The molecule has 2 aliphatic carbocycles. The SMILES string of the molecule is N#CC1(C#N)[C@@H]2c3ccccc3C[C@@H]2C1(C#N)C#N. The highest BCUT2D eigenvalue weighted by Crippen LogP contribution is 2.71. The van der Waals surface area contributed by atoms with E-state index >= 15 is 0 Å². The quantitative estimate of drug-likeness (QED) is 0.697. The molecule has 1 aromatic rings. The minimum atomic E-state index is -1.55. The topological polar surface area (TPSA) is 95.2 Å². The highest BCUT2D eigenvalue weighted by molar-refractivity contribution is 5.56. The van der Waals surface area contributed by atoms with Crippen molar-refractivity contribution in [2.24, 2.45) is 16.7 Å². The fourth-order valence-electron chi connectivity index (χ4n) is 3.68. The van der Waals surface area contributed by atoms with Crippen LogP contribution in [0.1, 0.15) is 17.0 Å². The molecule has 19 heavy (non-hydrogen) atoms. The first kappa shape index (κ1) is 11.3. The highest BCUT2D eigenvalue weighted by atomic mass is 14.7. The Labute approximate surface area is 110 Å². The van der Waals surface area contributed by atoms with Crippen molar-refractivity contribution in [3.8, 4) is 24.3 Å². The van der Waals surface area contributed by atoms with Crippen LogP contribution in [0.3, 0.4) is 0 Å². The monoisotopic (exact) mass is 244 g/mol. The minimum absolute atomic E-state index is 0.251. The molecule has 0 bridgehead atoms. The Kier molecular flexibility index (Phi) is 1.99. The Morgan fingerprint density at radius 1 is 0.895 bits per heavy atom. The summed E-state index contributed by atoms with van der Waals surface area (Å²) in [6.07, 6.45) is 0.590. The molecule has 0 amide bonds. The van der Waals surface area contributed by atoms with Gasteiger partial charge in [-0.1, -0.05) is 24.3 Å². The number of fused-ring (bicyclic) bond motifs is 3. The second-order valence-electron chi connectivity index (χ2n) is 5.05. The van der Waals surface area contributed by atoms with Gasteiger partial charge in [-0.2, -0.15) is 21.0 Å². The van der Waals surface area contributed by atoms with Gasteiger partial charge in [-0.15, -0.1) is 0 Å². The lowest BCUT2D eigenvalue weighted by molar-refractivity contribution is 0.00982. The van der Waals surface area contributed by atoms with Gasteiger partial charge in [0.05, 0.1) is 24.3 Å². The zero-order valence-electron chi connectivity index (χ0n) is 9.96. The Hall–Kier alpha value is -2.82. The molecule has 1 aromatic carbocycles. The van der Waals surface area contributed by atoms with Crippen molar-refractivity contribution in [2.45, 2.75) is 12.3 Å². The van der Waals surface area contributed by atoms with Gasteiger partial charge >= 0.3 is 0 Å². The number of nitrogens with zero attached hydrogens (tertiary/aromatic N) is 4. The van der Waals surface area contributed by atoms with Gasteiger partial charge in [0.15, 0.2) is 10.8 Å². The first-order chi connectivity index (χ1) is 9.20. The first-order valence-electron chi connectivity index (χ1n) is 5.93. The van der Waals surface area contributed by atoms with Crippen LogP contribution >= 0.6 is 0 Å². The van der Waals surface area contributed by atoms with E-state index < -0.39 is 10.8 Å². The smallest absolute Gasteiger partial charge is 0.182 e. The van der Waals surface area contributed by atoms with Crippen LogP contribution in [0.15, 0.2) is 24.3 Å². The van der Waals surface area contributed by atoms with Crippen LogP contribution in [0.2, 0.25) is 0 Å². The average Bonchev–Trinajstić information content (AvgIpc) is 2.80. The molecule has 4 nitrogen and oxygen atoms in total. The Morgan fingerprint density at radius 3 is 2.05 bits per heavy atom. The van der Waals surface area contributed by atoms with Crippen molar-refractivity contribution in [2.75, 3.05) is 0 Å². The van der Waals surface area contributed by atoms with Crippen molar-refractivity contribution in [1.29, 1.82) is 21.0 Å². The molecule has 3 rings (SSSR count). The van der Waals surface area contributed by atoms with E-state index in [2.05, 4.69) is 0 Å². The van der Waals surface area contributed by atoms with Crippen molar-refractivity contribution in [1.82, 2.24) is 0 Å². The Bertz CT molecular complexity index is 707. The largest absolute Gasteiger partial charge is 0.196 e. The Morgan fingerprint density at radius 2 is 1.47 bits per heavy atom. The second-order valence-corrected chi connectivity index (χ2v) is 5.05. The predicted molar refractivity (Wildman–Crippen MR) is 63.7 cm³/mol. The molecule has 1 fully saturated rings. The summed E-state index contributed by atoms with van der Waals surface area (Å²) in [4.78, 5) is 0. The number of nitriles is 4. The Balaban J connectivity index is 2.26. The van der Waals surface area contributed by atoms with E-state index in [1.165, 1.54) is 0 Å². The van der Waals surface area contributed by atoms with Crippen molar-refractivity contribution < 1.29 is 0 Å². The summed E-state index contributed by atoms with van der Waals surface area (Å²) in [5.41, 5.74) is -1.08. The third-order valence-corrected chi connectivity index (χ3v) is 4.58. The lowest BCUT2D eigenvalue weighted by Crippen LogP contribution is -2.60. The van der Waals surface area contributed by atoms with Crippen LogP contribution in [0.4, 0.5) is 0 Å². The molecular weight excluding hydrogens is 236 g/mol. The van der Waals surface area contributed by atoms with Crippen LogP contribution < -0.4 is 0 Å². The number of hydrogen-bond donors (Lipinski definition) is 0. The number of rotatable bonds is 0. The third-order valence-electron chi connectivity index (χ3n) is 4.58. The van der Waals surface area contributed by atoms with E-state index in [1.54, 1.807) is 0 Å². The van der Waals surface area contributed by atoms with Crippen LogP contribution in [-0.4, -0.2) is 0 Å². The van der Waals surface area contributed by atoms with Gasteiger partial charge in [-0.05, 0) is 17.5 Å². The summed E-state index contributed by atoms with van der Waals surface area (Å²) in [7, 11) is 0. The highest BCUT2D eigenvalue weighted by Gasteiger charge is 2.77. The maximum Gasteiger partial charge on any atom is 0.182 e. The molecule has 0 heterocycles. The van der Waals surface area contributed by atoms with E-state index in [-0.39, 0.29) is 11.8 Å². The van der Waals surface area contributed by atoms with Gasteiger partial charge in [0.1, 0.15) is 0 Å². The lowest BCUT2D eigenvalue weighted by atomic mass is 9.40. The summed E-state index contributed by atoms with van der Waals surface area (Å²) < 4.78 is 0. The van der Waals surface area contributed by atoms with Crippen LogP contribution in [0.5, 0.6) is 0 Å². The molecule has 88 valence electrons. The fraction of sp³-hybridized carbons (Fsp3) is 0.333. The van der Waals surface area contributed by atoms with Gasteiger partial charge in [0, 0.05) is 11.8 Å². The lowest BCUT2D eigenvalue weighted by Gasteiger charge is -2.53. The van der Waals surface area contributed by atoms with Gasteiger partial charge in [-0.25, -0.2) is 0 Å². The molecule has 4 heteroatoms. The molecule has 0 radical (unpaired) electrons. The number of hydrogen-bond acceptors (Lipinski definition) is 4. The average molecular weight is 244 g/mol. The molecule has 1 saturated carbocycles. The molecule has 0 aliphatic heterocycles. The van der Waals surface area contributed by atoms with Gasteiger partial charge < -0.3 is 0 Å². The van der Waals surface area contributed by atoms with Crippen molar-refractivity contribution in [3.63, 3.8) is 0 Å². The van der Waals surface area contributed by atoms with Crippen molar-refractivity contribution >= 4 is 0 Å². The maximum atomic E-state index is 9.43. The third kappa shape index (κ3) is 0.932. The molecule has 0 aromatic heterocycles. The van der Waals surface area contributed by atoms with Crippen LogP contribution in [-0.2, 0) is 6.42 Å². The van der Waals surface area contributed by atoms with Crippen LogP contribution in [0, 0.1) is 62.1 Å². The summed E-state index contributed by atoms with van der Waals surface area (Å²) in [5.74, 6) is -0.572.